The summed E-state index contributed by atoms with van der Waals surface area (Å²) in [5.41, 5.74) is 0. The molecule has 2 fully saturated rings. The molecule has 0 spiro atoms. The van der Waals surface area contributed by atoms with Gasteiger partial charge in [-0.25, -0.2) is 0 Å². The molecule has 0 aliphatic carbocycles. The second-order valence-electron chi connectivity index (χ2n) is 7.48. The third kappa shape index (κ3) is 5.30. The van der Waals surface area contributed by atoms with Crippen LogP contribution in [0.25, 0.3) is 0 Å². The van der Waals surface area contributed by atoms with Crippen molar-refractivity contribution in [2.45, 2.75) is 37.8 Å². The molecular formula is C17H34N4O. The molecule has 0 N–H and O–H groups in total. The van der Waals surface area contributed by atoms with E-state index in [4.69, 9.17) is 0 Å². The maximum absolute atomic E-state index is 12.3. The lowest BCUT2D eigenvalue weighted by atomic mass is 10.0. The number of rotatable bonds is 6. The van der Waals surface area contributed by atoms with E-state index in [9.17, 15) is 4.79 Å². The highest BCUT2D eigenvalue weighted by molar-refractivity contribution is 5.82. The topological polar surface area (TPSA) is 30.0 Å². The van der Waals surface area contributed by atoms with Gasteiger partial charge in [-0.3, -0.25) is 14.6 Å². The Hall–Kier alpha value is -0.490. The molecule has 2 heterocycles. The highest BCUT2D eigenvalue weighted by Crippen LogP contribution is 2.15. The SMILES string of the molecule is CN(C)C1CCN(CC(=O)CN2CCC(N(C)C)CC2)CC1. The van der Waals surface area contributed by atoms with Crippen LogP contribution >= 0.6 is 0 Å². The van der Waals surface area contributed by atoms with Gasteiger partial charge in [-0.1, -0.05) is 0 Å². The van der Waals surface area contributed by atoms with E-state index >= 15 is 0 Å². The minimum absolute atomic E-state index is 0.395. The summed E-state index contributed by atoms with van der Waals surface area (Å²) >= 11 is 0. The second-order valence-corrected chi connectivity index (χ2v) is 7.48. The molecule has 0 aromatic carbocycles. The number of carbonyl (C=O) groups is 1. The van der Waals surface area contributed by atoms with Gasteiger partial charge in [0.15, 0.2) is 5.78 Å². The Labute approximate surface area is 136 Å². The zero-order valence-electron chi connectivity index (χ0n) is 14.9. The van der Waals surface area contributed by atoms with Crippen molar-refractivity contribution in [3.05, 3.63) is 0 Å². The van der Waals surface area contributed by atoms with Crippen molar-refractivity contribution in [3.63, 3.8) is 0 Å². The first kappa shape index (κ1) is 17.9. The van der Waals surface area contributed by atoms with Gasteiger partial charge < -0.3 is 9.80 Å². The third-order valence-corrected chi connectivity index (χ3v) is 5.37. The molecule has 0 bridgehead atoms. The minimum Gasteiger partial charge on any atom is -0.306 e. The van der Waals surface area contributed by atoms with E-state index in [1.165, 1.54) is 25.7 Å². The molecule has 0 radical (unpaired) electrons. The van der Waals surface area contributed by atoms with Gasteiger partial charge in [0.25, 0.3) is 0 Å². The Bertz CT molecular complexity index is 311. The van der Waals surface area contributed by atoms with Crippen molar-refractivity contribution in [2.75, 3.05) is 67.5 Å². The van der Waals surface area contributed by atoms with Gasteiger partial charge in [0.2, 0.25) is 0 Å². The Kier molecular flexibility index (Phi) is 6.81. The second kappa shape index (κ2) is 8.39. The highest BCUT2D eigenvalue weighted by Gasteiger charge is 2.24. The molecule has 128 valence electrons. The van der Waals surface area contributed by atoms with Crippen LogP contribution in [0.5, 0.6) is 0 Å². The molecular weight excluding hydrogens is 276 g/mol. The summed E-state index contributed by atoms with van der Waals surface area (Å²) < 4.78 is 0. The van der Waals surface area contributed by atoms with E-state index in [2.05, 4.69) is 47.8 Å². The maximum atomic E-state index is 12.3. The molecule has 0 amide bonds. The van der Waals surface area contributed by atoms with E-state index in [0.717, 1.165) is 26.2 Å². The lowest BCUT2D eigenvalue weighted by molar-refractivity contribution is -0.122. The average molecular weight is 310 g/mol. The molecule has 0 unspecified atom stereocenters. The summed E-state index contributed by atoms with van der Waals surface area (Å²) in [6.45, 7) is 5.56. The Morgan fingerprint density at radius 1 is 0.773 bits per heavy atom. The molecule has 2 saturated heterocycles. The molecule has 0 atom stereocenters. The van der Waals surface area contributed by atoms with E-state index in [1.807, 2.05) is 0 Å². The zero-order chi connectivity index (χ0) is 16.1. The minimum atomic E-state index is 0.395. The van der Waals surface area contributed by atoms with Crippen molar-refractivity contribution in [1.82, 2.24) is 19.6 Å². The normalized spacial score (nSPS) is 23.5. The van der Waals surface area contributed by atoms with Crippen molar-refractivity contribution in [1.29, 1.82) is 0 Å². The van der Waals surface area contributed by atoms with Crippen molar-refractivity contribution < 1.29 is 4.79 Å². The molecule has 2 aliphatic heterocycles. The first-order valence-electron chi connectivity index (χ1n) is 8.75. The van der Waals surface area contributed by atoms with Gasteiger partial charge in [-0.2, -0.15) is 0 Å². The Balaban J connectivity index is 1.65. The number of nitrogens with zero attached hydrogens (tertiary/aromatic N) is 4. The van der Waals surface area contributed by atoms with Gasteiger partial charge in [0.05, 0.1) is 13.1 Å². The first-order valence-corrected chi connectivity index (χ1v) is 8.75. The summed E-state index contributed by atoms with van der Waals surface area (Å²) in [6, 6.07) is 1.38. The van der Waals surface area contributed by atoms with Crippen LogP contribution in [0, 0.1) is 0 Å². The molecule has 5 heteroatoms. The molecule has 22 heavy (non-hydrogen) atoms. The molecule has 2 rings (SSSR count). The van der Waals surface area contributed by atoms with E-state index in [-0.39, 0.29) is 0 Å². The molecule has 0 saturated carbocycles. The average Bonchev–Trinajstić information content (AvgIpc) is 2.48. The standard InChI is InChI=1S/C17H34N4O/c1-18(2)15-5-9-20(10-6-15)13-17(22)14-21-11-7-16(8-12-21)19(3)4/h15-16H,5-14H2,1-4H3. The number of carbonyl (C=O) groups excluding carboxylic acids is 1. The summed E-state index contributed by atoms with van der Waals surface area (Å²) in [7, 11) is 8.62. The number of ketones is 1. The number of hydrogen-bond acceptors (Lipinski definition) is 5. The van der Waals surface area contributed by atoms with Crippen LogP contribution in [0.3, 0.4) is 0 Å². The lowest BCUT2D eigenvalue weighted by Crippen LogP contribution is -2.47. The van der Waals surface area contributed by atoms with Gasteiger partial charge in [-0.15, -0.1) is 0 Å². The van der Waals surface area contributed by atoms with Crippen LogP contribution in [-0.4, -0.2) is 105 Å². The predicted molar refractivity (Wildman–Crippen MR) is 91.3 cm³/mol. The molecule has 0 aromatic rings. The van der Waals surface area contributed by atoms with Gasteiger partial charge in [0, 0.05) is 38.3 Å². The number of Topliss-reactive ketones (excluding diaryl/α,β-unsaturated/α-hetero) is 1. The van der Waals surface area contributed by atoms with Crippen molar-refractivity contribution >= 4 is 5.78 Å². The van der Waals surface area contributed by atoms with Crippen molar-refractivity contribution in [3.8, 4) is 0 Å². The summed E-state index contributed by atoms with van der Waals surface area (Å²) in [5, 5.41) is 0. The van der Waals surface area contributed by atoms with Crippen LogP contribution in [0.1, 0.15) is 25.7 Å². The van der Waals surface area contributed by atoms with Crippen LogP contribution in [-0.2, 0) is 4.79 Å². The number of piperidine rings is 2. The van der Waals surface area contributed by atoms with Crippen molar-refractivity contribution in [2.24, 2.45) is 0 Å². The van der Waals surface area contributed by atoms with Gasteiger partial charge >= 0.3 is 0 Å². The van der Waals surface area contributed by atoms with E-state index in [1.54, 1.807) is 0 Å². The maximum Gasteiger partial charge on any atom is 0.160 e. The molecule has 0 aromatic heterocycles. The van der Waals surface area contributed by atoms with Crippen LogP contribution in [0.2, 0.25) is 0 Å². The summed E-state index contributed by atoms with van der Waals surface area (Å²) in [6.07, 6.45) is 4.76. The van der Waals surface area contributed by atoms with E-state index in [0.29, 0.717) is 31.0 Å². The highest BCUT2D eigenvalue weighted by atomic mass is 16.1. The molecule has 5 nitrogen and oxygen atoms in total. The monoisotopic (exact) mass is 310 g/mol. The third-order valence-electron chi connectivity index (χ3n) is 5.37. The molecule has 2 aliphatic rings. The quantitative estimate of drug-likeness (QED) is 0.717. The van der Waals surface area contributed by atoms with Crippen LogP contribution < -0.4 is 0 Å². The summed E-state index contributed by atoms with van der Waals surface area (Å²) in [4.78, 5) is 21.6. The Morgan fingerprint density at radius 3 is 1.36 bits per heavy atom. The van der Waals surface area contributed by atoms with Gasteiger partial charge in [0.1, 0.15) is 0 Å². The van der Waals surface area contributed by atoms with Crippen LogP contribution in [0.4, 0.5) is 0 Å². The smallest absolute Gasteiger partial charge is 0.160 e. The first-order chi connectivity index (χ1) is 10.5. The Morgan fingerprint density at radius 2 is 1.09 bits per heavy atom. The number of likely N-dealkylation sites (tertiary alicyclic amines) is 2. The largest absolute Gasteiger partial charge is 0.306 e. The van der Waals surface area contributed by atoms with Crippen LogP contribution in [0.15, 0.2) is 0 Å². The lowest BCUT2D eigenvalue weighted by Gasteiger charge is -2.36. The summed E-state index contributed by atoms with van der Waals surface area (Å²) in [5.74, 6) is 0.395. The zero-order valence-corrected chi connectivity index (χ0v) is 14.9. The predicted octanol–water partition coefficient (Wildman–Crippen LogP) is 0.608. The van der Waals surface area contributed by atoms with E-state index < -0.39 is 0 Å². The number of hydrogen-bond donors (Lipinski definition) is 0. The fourth-order valence-electron chi connectivity index (χ4n) is 3.74. The fourth-order valence-corrected chi connectivity index (χ4v) is 3.74. The van der Waals surface area contributed by atoms with Gasteiger partial charge in [-0.05, 0) is 53.9 Å². The fraction of sp³-hybridized carbons (Fsp3) is 0.941.